The molecule has 0 bridgehead atoms. The van der Waals surface area contributed by atoms with E-state index in [-0.39, 0.29) is 17.3 Å². The Morgan fingerprint density at radius 1 is 1.24 bits per heavy atom. The van der Waals surface area contributed by atoms with Crippen LogP contribution in [-0.2, 0) is 0 Å². The van der Waals surface area contributed by atoms with E-state index in [2.05, 4.69) is 15.3 Å². The summed E-state index contributed by atoms with van der Waals surface area (Å²) in [5, 5.41) is 3.00. The van der Waals surface area contributed by atoms with Crippen LogP contribution >= 0.6 is 0 Å². The summed E-state index contributed by atoms with van der Waals surface area (Å²) in [5.74, 6) is -0.217. The lowest BCUT2D eigenvalue weighted by Crippen LogP contribution is -2.32. The zero-order valence-electron chi connectivity index (χ0n) is 12.0. The average Bonchev–Trinajstić information content (AvgIpc) is 2.51. The third kappa shape index (κ3) is 3.34. The molecule has 21 heavy (non-hydrogen) atoms. The summed E-state index contributed by atoms with van der Waals surface area (Å²) in [4.78, 5) is 22.0. The minimum atomic E-state index is -0.440. The lowest BCUT2D eigenvalue weighted by Gasteiger charge is -2.21. The Hall–Kier alpha value is -2.50. The van der Waals surface area contributed by atoms with Crippen LogP contribution in [0.3, 0.4) is 0 Å². The number of halogens is 1. The van der Waals surface area contributed by atoms with Gasteiger partial charge in [0.1, 0.15) is 17.3 Å². The molecule has 1 aromatic carbocycles. The van der Waals surface area contributed by atoms with E-state index in [0.717, 1.165) is 6.54 Å². The van der Waals surface area contributed by atoms with Gasteiger partial charge in [-0.3, -0.25) is 4.79 Å². The Bertz CT molecular complexity index is 615. The summed E-state index contributed by atoms with van der Waals surface area (Å²) in [6.45, 7) is 4.79. The van der Waals surface area contributed by atoms with Crippen LogP contribution < -0.4 is 10.2 Å². The van der Waals surface area contributed by atoms with Gasteiger partial charge in [-0.05, 0) is 26.0 Å². The maximum atomic E-state index is 13.8. The highest BCUT2D eigenvalue weighted by atomic mass is 19.1. The predicted molar refractivity (Wildman–Crippen MR) is 79.9 cm³/mol. The lowest BCUT2D eigenvalue weighted by atomic mass is 10.2. The van der Waals surface area contributed by atoms with Gasteiger partial charge in [0.2, 0.25) is 0 Å². The quantitative estimate of drug-likeness (QED) is 0.919. The maximum absolute atomic E-state index is 13.8. The number of para-hydroxylation sites is 1. The van der Waals surface area contributed by atoms with Gasteiger partial charge in [0.15, 0.2) is 0 Å². The van der Waals surface area contributed by atoms with Gasteiger partial charge in [-0.1, -0.05) is 12.1 Å². The number of rotatable bonds is 5. The Kier molecular flexibility index (Phi) is 4.81. The molecule has 0 spiro atoms. The second-order valence-electron chi connectivity index (χ2n) is 4.32. The van der Waals surface area contributed by atoms with Gasteiger partial charge in [-0.15, -0.1) is 0 Å². The van der Waals surface area contributed by atoms with Crippen molar-refractivity contribution < 1.29 is 9.18 Å². The summed E-state index contributed by atoms with van der Waals surface area (Å²) in [6.07, 6.45) is 2.88. The van der Waals surface area contributed by atoms with Gasteiger partial charge in [-0.2, -0.15) is 0 Å². The highest BCUT2D eigenvalue weighted by Gasteiger charge is 2.20. The highest BCUT2D eigenvalue weighted by molar-refractivity contribution is 6.04. The molecular weight excluding hydrogens is 271 g/mol. The molecule has 110 valence electrons. The molecule has 0 saturated carbocycles. The summed E-state index contributed by atoms with van der Waals surface area (Å²) >= 11 is 0. The van der Waals surface area contributed by atoms with Crippen LogP contribution in [0.2, 0.25) is 0 Å². The summed E-state index contributed by atoms with van der Waals surface area (Å²) in [5.41, 5.74) is 0.421. The molecular formula is C15H17FN4O. The van der Waals surface area contributed by atoms with E-state index >= 15 is 0 Å². The van der Waals surface area contributed by atoms with Crippen molar-refractivity contribution in [2.24, 2.45) is 0 Å². The van der Waals surface area contributed by atoms with Gasteiger partial charge in [0.25, 0.3) is 5.91 Å². The van der Waals surface area contributed by atoms with Gasteiger partial charge in [-0.25, -0.2) is 14.4 Å². The fourth-order valence-corrected chi connectivity index (χ4v) is 1.94. The van der Waals surface area contributed by atoms with Crippen LogP contribution in [-0.4, -0.2) is 29.0 Å². The fourth-order valence-electron chi connectivity index (χ4n) is 1.94. The van der Waals surface area contributed by atoms with Crippen LogP contribution in [0.25, 0.3) is 0 Å². The number of carbonyl (C=O) groups is 1. The Morgan fingerprint density at radius 2 is 2.00 bits per heavy atom. The van der Waals surface area contributed by atoms with Crippen molar-refractivity contribution in [2.45, 2.75) is 13.8 Å². The molecule has 0 atom stereocenters. The van der Waals surface area contributed by atoms with Crippen LogP contribution in [0.4, 0.5) is 15.9 Å². The largest absolute Gasteiger partial charge is 0.369 e. The number of carbonyl (C=O) groups excluding carboxylic acids is 1. The molecule has 0 unspecified atom stereocenters. The molecule has 0 aliphatic carbocycles. The van der Waals surface area contributed by atoms with Crippen molar-refractivity contribution >= 4 is 17.4 Å². The van der Waals surface area contributed by atoms with Crippen LogP contribution in [0, 0.1) is 5.82 Å². The van der Waals surface area contributed by atoms with Crippen LogP contribution in [0.5, 0.6) is 0 Å². The number of benzene rings is 1. The van der Waals surface area contributed by atoms with Gasteiger partial charge in [0.05, 0.1) is 18.1 Å². The summed E-state index contributed by atoms with van der Waals surface area (Å²) in [7, 11) is 0. The zero-order valence-corrected chi connectivity index (χ0v) is 12.0. The van der Waals surface area contributed by atoms with E-state index in [1.165, 1.54) is 23.4 Å². The number of anilines is 2. The van der Waals surface area contributed by atoms with E-state index in [1.54, 1.807) is 25.1 Å². The molecule has 1 amide bonds. The first-order valence-corrected chi connectivity index (χ1v) is 6.79. The average molecular weight is 288 g/mol. The van der Waals surface area contributed by atoms with E-state index in [1.807, 2.05) is 6.92 Å². The van der Waals surface area contributed by atoms with E-state index in [0.29, 0.717) is 12.4 Å². The molecule has 2 rings (SSSR count). The molecule has 0 aliphatic rings. The van der Waals surface area contributed by atoms with E-state index in [9.17, 15) is 9.18 Å². The van der Waals surface area contributed by atoms with Crippen LogP contribution in [0.15, 0.2) is 36.7 Å². The van der Waals surface area contributed by atoms with Crippen molar-refractivity contribution in [3.63, 3.8) is 0 Å². The second-order valence-corrected chi connectivity index (χ2v) is 4.32. The number of amides is 1. The monoisotopic (exact) mass is 288 g/mol. The molecule has 0 aliphatic heterocycles. The number of nitrogens with zero attached hydrogens (tertiary/aromatic N) is 3. The fraction of sp³-hybridized carbons (Fsp3) is 0.267. The first-order chi connectivity index (χ1) is 10.2. The van der Waals surface area contributed by atoms with Crippen molar-refractivity contribution in [3.05, 3.63) is 48.2 Å². The molecule has 0 saturated heterocycles. The van der Waals surface area contributed by atoms with Crippen molar-refractivity contribution in [1.82, 2.24) is 9.97 Å². The van der Waals surface area contributed by atoms with Crippen molar-refractivity contribution in [1.29, 1.82) is 0 Å². The van der Waals surface area contributed by atoms with Crippen molar-refractivity contribution in [2.75, 3.05) is 23.3 Å². The minimum Gasteiger partial charge on any atom is -0.369 e. The molecule has 2 aromatic rings. The number of hydrogen-bond acceptors (Lipinski definition) is 4. The molecule has 5 nitrogen and oxygen atoms in total. The van der Waals surface area contributed by atoms with Crippen molar-refractivity contribution in [3.8, 4) is 0 Å². The number of hydrogen-bond donors (Lipinski definition) is 1. The Morgan fingerprint density at radius 3 is 2.57 bits per heavy atom. The lowest BCUT2D eigenvalue weighted by molar-refractivity contribution is 0.0982. The molecule has 0 radical (unpaired) electrons. The topological polar surface area (TPSA) is 58.1 Å². The normalized spacial score (nSPS) is 10.2. The smallest absolute Gasteiger partial charge is 0.278 e. The Labute approximate surface area is 122 Å². The molecule has 1 N–H and O–H groups in total. The van der Waals surface area contributed by atoms with Crippen LogP contribution in [0.1, 0.15) is 24.3 Å². The third-order valence-corrected chi connectivity index (χ3v) is 2.93. The van der Waals surface area contributed by atoms with E-state index < -0.39 is 5.82 Å². The Balaban J connectivity index is 2.26. The maximum Gasteiger partial charge on any atom is 0.278 e. The van der Waals surface area contributed by atoms with Gasteiger partial charge < -0.3 is 10.2 Å². The summed E-state index contributed by atoms with van der Waals surface area (Å²) in [6, 6.07) is 6.17. The molecule has 1 aromatic heterocycles. The van der Waals surface area contributed by atoms with Gasteiger partial charge >= 0.3 is 0 Å². The molecule has 1 heterocycles. The zero-order chi connectivity index (χ0) is 15.2. The first-order valence-electron chi connectivity index (χ1n) is 6.79. The third-order valence-electron chi connectivity index (χ3n) is 2.93. The standard InChI is InChI=1S/C15H17FN4O/c1-3-17-14-10-18-12(9-19-14)15(21)20(4-2)13-8-6-5-7-11(13)16/h5-10H,3-4H2,1-2H3,(H,17,19). The minimum absolute atomic E-state index is 0.182. The highest BCUT2D eigenvalue weighted by Crippen LogP contribution is 2.20. The first kappa shape index (κ1) is 14.9. The number of aromatic nitrogens is 2. The van der Waals surface area contributed by atoms with E-state index in [4.69, 9.17) is 0 Å². The van der Waals surface area contributed by atoms with Gasteiger partial charge in [0, 0.05) is 13.1 Å². The second kappa shape index (κ2) is 6.78. The SMILES string of the molecule is CCNc1cnc(C(=O)N(CC)c2ccccc2F)cn1. The predicted octanol–water partition coefficient (Wildman–Crippen LogP) is 2.71. The molecule has 6 heteroatoms. The number of nitrogens with one attached hydrogen (secondary N) is 1. The molecule has 0 fully saturated rings. The summed E-state index contributed by atoms with van der Waals surface area (Å²) < 4.78 is 13.8.